The summed E-state index contributed by atoms with van der Waals surface area (Å²) in [7, 11) is 0. The van der Waals surface area contributed by atoms with E-state index in [-0.39, 0.29) is 6.54 Å². The smallest absolute Gasteiger partial charge is 0.317 e. The van der Waals surface area contributed by atoms with Gasteiger partial charge in [-0.1, -0.05) is 64.5 Å². The topological polar surface area (TPSA) is 43.8 Å². The first kappa shape index (κ1) is 17.4. The lowest BCUT2D eigenvalue weighted by atomic mass is 9.86. The van der Waals surface area contributed by atoms with E-state index in [0.717, 1.165) is 37.1 Å². The number of carbonyl (C=O) groups is 1. The molecule has 1 aliphatic heterocycles. The fourth-order valence-corrected chi connectivity index (χ4v) is 4.18. The summed E-state index contributed by atoms with van der Waals surface area (Å²) in [5.41, 5.74) is 1.33. The predicted molar refractivity (Wildman–Crippen MR) is 99.1 cm³/mol. The SMILES string of the molecule is O=C(O)CN1CCN(C(c2ccccc2)C2C=C(Br)C=CC2)CC1. The third-order valence-electron chi connectivity index (χ3n) is 4.76. The number of halogens is 1. The molecule has 4 nitrogen and oxygen atoms in total. The number of hydrogen-bond donors (Lipinski definition) is 1. The Hall–Kier alpha value is -1.43. The van der Waals surface area contributed by atoms with E-state index in [0.29, 0.717) is 12.0 Å². The predicted octanol–water partition coefficient (Wildman–Crippen LogP) is 3.28. The molecule has 24 heavy (non-hydrogen) atoms. The fourth-order valence-electron chi connectivity index (χ4n) is 3.66. The fraction of sp³-hybridized carbons (Fsp3) is 0.421. The van der Waals surface area contributed by atoms with Crippen molar-refractivity contribution in [1.29, 1.82) is 0 Å². The van der Waals surface area contributed by atoms with Gasteiger partial charge in [-0.15, -0.1) is 0 Å². The number of piperazine rings is 1. The van der Waals surface area contributed by atoms with Gasteiger partial charge in [-0.3, -0.25) is 14.6 Å². The van der Waals surface area contributed by atoms with Crippen LogP contribution in [0.4, 0.5) is 0 Å². The molecule has 3 rings (SSSR count). The Labute approximate surface area is 151 Å². The first-order chi connectivity index (χ1) is 11.6. The minimum absolute atomic E-state index is 0.140. The van der Waals surface area contributed by atoms with Crippen LogP contribution in [-0.2, 0) is 4.79 Å². The zero-order chi connectivity index (χ0) is 16.9. The number of rotatable bonds is 5. The maximum Gasteiger partial charge on any atom is 0.317 e. The minimum Gasteiger partial charge on any atom is -0.480 e. The van der Waals surface area contributed by atoms with Crippen molar-refractivity contribution in [2.75, 3.05) is 32.7 Å². The molecule has 2 aliphatic rings. The van der Waals surface area contributed by atoms with E-state index in [9.17, 15) is 4.79 Å². The number of nitrogens with zero attached hydrogens (tertiary/aromatic N) is 2. The number of aliphatic carboxylic acids is 1. The molecule has 0 aromatic heterocycles. The van der Waals surface area contributed by atoms with Crippen molar-refractivity contribution >= 4 is 21.9 Å². The minimum atomic E-state index is -0.743. The quantitative estimate of drug-likeness (QED) is 0.837. The zero-order valence-corrected chi connectivity index (χ0v) is 15.2. The Morgan fingerprint density at radius 1 is 1.21 bits per heavy atom. The van der Waals surface area contributed by atoms with E-state index in [4.69, 9.17) is 5.11 Å². The molecule has 1 heterocycles. The Kier molecular flexibility index (Phi) is 5.87. The molecule has 1 aliphatic carbocycles. The summed E-state index contributed by atoms with van der Waals surface area (Å²) < 4.78 is 1.14. The Bertz CT molecular complexity index is 622. The van der Waals surface area contributed by atoms with Crippen LogP contribution >= 0.6 is 15.9 Å². The second-order valence-electron chi connectivity index (χ2n) is 6.41. The summed E-state index contributed by atoms with van der Waals surface area (Å²) in [6.07, 6.45) is 7.68. The van der Waals surface area contributed by atoms with Crippen LogP contribution < -0.4 is 0 Å². The van der Waals surface area contributed by atoms with Gasteiger partial charge in [-0.05, 0) is 12.0 Å². The van der Waals surface area contributed by atoms with Crippen molar-refractivity contribution in [3.63, 3.8) is 0 Å². The zero-order valence-electron chi connectivity index (χ0n) is 13.6. The van der Waals surface area contributed by atoms with Gasteiger partial charge in [0.1, 0.15) is 0 Å². The van der Waals surface area contributed by atoms with Gasteiger partial charge in [0.05, 0.1) is 6.54 Å². The van der Waals surface area contributed by atoms with Crippen molar-refractivity contribution < 1.29 is 9.90 Å². The highest BCUT2D eigenvalue weighted by Crippen LogP contribution is 2.36. The highest BCUT2D eigenvalue weighted by atomic mass is 79.9. The molecule has 1 N–H and O–H groups in total. The number of carboxylic acids is 1. The molecule has 128 valence electrons. The molecular weight excluding hydrogens is 368 g/mol. The normalized spacial score (nSPS) is 23.7. The van der Waals surface area contributed by atoms with Crippen LogP contribution in [0.2, 0.25) is 0 Å². The molecule has 1 saturated heterocycles. The molecule has 0 amide bonds. The van der Waals surface area contributed by atoms with E-state index in [1.165, 1.54) is 5.56 Å². The lowest BCUT2D eigenvalue weighted by Gasteiger charge is -2.42. The third kappa shape index (κ3) is 4.35. The Morgan fingerprint density at radius 2 is 1.92 bits per heavy atom. The molecule has 5 heteroatoms. The van der Waals surface area contributed by atoms with Crippen LogP contribution in [0.15, 0.2) is 53.0 Å². The van der Waals surface area contributed by atoms with Gasteiger partial charge in [0.15, 0.2) is 0 Å². The van der Waals surface area contributed by atoms with E-state index < -0.39 is 5.97 Å². The maximum absolute atomic E-state index is 10.9. The van der Waals surface area contributed by atoms with Gasteiger partial charge in [-0.25, -0.2) is 0 Å². The molecule has 2 unspecified atom stereocenters. The van der Waals surface area contributed by atoms with Crippen molar-refractivity contribution in [3.05, 3.63) is 58.6 Å². The molecular formula is C19H23BrN2O2. The van der Waals surface area contributed by atoms with Crippen molar-refractivity contribution in [3.8, 4) is 0 Å². The van der Waals surface area contributed by atoms with Crippen LogP contribution in [0.5, 0.6) is 0 Å². The summed E-state index contributed by atoms with van der Waals surface area (Å²) in [5, 5.41) is 8.98. The van der Waals surface area contributed by atoms with Crippen molar-refractivity contribution in [2.24, 2.45) is 5.92 Å². The first-order valence-corrected chi connectivity index (χ1v) is 9.20. The van der Waals surface area contributed by atoms with Crippen LogP contribution in [0.1, 0.15) is 18.0 Å². The molecule has 1 fully saturated rings. The molecule has 0 saturated carbocycles. The second-order valence-corrected chi connectivity index (χ2v) is 7.33. The molecule has 1 aromatic rings. The standard InChI is InChI=1S/C19H23BrN2O2/c20-17-8-4-7-16(13-17)19(15-5-2-1-3-6-15)22-11-9-21(10-12-22)14-18(23)24/h1-6,8,13,16,19H,7,9-12,14H2,(H,23,24). The van der Waals surface area contributed by atoms with Gasteiger partial charge in [0.25, 0.3) is 0 Å². The van der Waals surface area contributed by atoms with Gasteiger partial charge < -0.3 is 5.11 Å². The average molecular weight is 391 g/mol. The number of carboxylic acid groups (broad SMARTS) is 1. The van der Waals surface area contributed by atoms with E-state index >= 15 is 0 Å². The van der Waals surface area contributed by atoms with E-state index in [2.05, 4.69) is 69.4 Å². The lowest BCUT2D eigenvalue weighted by molar-refractivity contribution is -0.138. The summed E-state index contributed by atoms with van der Waals surface area (Å²) in [6.45, 7) is 3.56. The Balaban J connectivity index is 1.76. The van der Waals surface area contributed by atoms with Crippen molar-refractivity contribution in [2.45, 2.75) is 12.5 Å². The van der Waals surface area contributed by atoms with Crippen LogP contribution in [-0.4, -0.2) is 53.6 Å². The van der Waals surface area contributed by atoms with E-state index in [1.54, 1.807) is 0 Å². The van der Waals surface area contributed by atoms with Gasteiger partial charge >= 0.3 is 5.97 Å². The first-order valence-electron chi connectivity index (χ1n) is 8.40. The third-order valence-corrected chi connectivity index (χ3v) is 5.29. The summed E-state index contributed by atoms with van der Waals surface area (Å²) >= 11 is 3.61. The van der Waals surface area contributed by atoms with Gasteiger partial charge in [0.2, 0.25) is 0 Å². The van der Waals surface area contributed by atoms with Crippen LogP contribution in [0.25, 0.3) is 0 Å². The molecule has 0 spiro atoms. The van der Waals surface area contributed by atoms with Crippen LogP contribution in [0, 0.1) is 5.92 Å². The number of allylic oxidation sites excluding steroid dienone is 3. The largest absolute Gasteiger partial charge is 0.480 e. The molecule has 1 aromatic carbocycles. The maximum atomic E-state index is 10.9. The highest BCUT2D eigenvalue weighted by Gasteiger charge is 2.31. The van der Waals surface area contributed by atoms with Gasteiger partial charge in [-0.2, -0.15) is 0 Å². The highest BCUT2D eigenvalue weighted by molar-refractivity contribution is 9.11. The molecule has 0 radical (unpaired) electrons. The Morgan fingerprint density at radius 3 is 2.54 bits per heavy atom. The van der Waals surface area contributed by atoms with Crippen LogP contribution in [0.3, 0.4) is 0 Å². The van der Waals surface area contributed by atoms with Crippen molar-refractivity contribution in [1.82, 2.24) is 9.80 Å². The average Bonchev–Trinajstić information content (AvgIpc) is 2.57. The molecule has 2 atom stereocenters. The number of hydrogen-bond acceptors (Lipinski definition) is 3. The monoisotopic (exact) mass is 390 g/mol. The lowest BCUT2D eigenvalue weighted by Crippen LogP contribution is -2.50. The number of benzene rings is 1. The summed E-state index contributed by atoms with van der Waals surface area (Å²) in [6, 6.07) is 11.0. The summed E-state index contributed by atoms with van der Waals surface area (Å²) in [4.78, 5) is 15.4. The molecule has 0 bridgehead atoms. The van der Waals surface area contributed by atoms with Gasteiger partial charge in [0, 0.05) is 42.6 Å². The second kappa shape index (κ2) is 8.10. The van der Waals surface area contributed by atoms with E-state index in [1.807, 2.05) is 4.90 Å². The summed E-state index contributed by atoms with van der Waals surface area (Å²) in [5.74, 6) is -0.315.